The van der Waals surface area contributed by atoms with Gasteiger partial charge in [-0.25, -0.2) is 8.42 Å². The van der Waals surface area contributed by atoms with E-state index in [0.717, 1.165) is 17.7 Å². The number of alkyl halides is 3. The Morgan fingerprint density at radius 2 is 1.48 bits per heavy atom. The van der Waals surface area contributed by atoms with Crippen molar-refractivity contribution in [3.63, 3.8) is 0 Å². The zero-order chi connectivity index (χ0) is 22.6. The highest BCUT2D eigenvalue weighted by Gasteiger charge is 2.33. The molecule has 0 amide bonds. The number of sulfonamides is 1. The normalized spacial score (nSPS) is 13.4. The van der Waals surface area contributed by atoms with Gasteiger partial charge in [0.25, 0.3) is 0 Å². The van der Waals surface area contributed by atoms with Crippen molar-refractivity contribution < 1.29 is 21.6 Å². The molecule has 3 rings (SSSR count). The topological polar surface area (TPSA) is 37.4 Å². The van der Waals surface area contributed by atoms with Crippen molar-refractivity contribution in [2.24, 2.45) is 0 Å². The average molecular weight is 468 g/mol. The largest absolute Gasteiger partial charge is 0.416 e. The summed E-state index contributed by atoms with van der Waals surface area (Å²) < 4.78 is 67.2. The van der Waals surface area contributed by atoms with Gasteiger partial charge in [0.2, 0.25) is 10.0 Å². The second-order valence-electron chi connectivity index (χ2n) is 7.03. The van der Waals surface area contributed by atoms with E-state index >= 15 is 0 Å². The van der Waals surface area contributed by atoms with E-state index in [2.05, 4.69) is 0 Å². The van der Waals surface area contributed by atoms with E-state index in [1.165, 1.54) is 40.7 Å². The number of benzene rings is 3. The van der Waals surface area contributed by atoms with Gasteiger partial charge >= 0.3 is 6.18 Å². The molecular formula is C23H21ClF3NO2S. The third kappa shape index (κ3) is 5.47. The van der Waals surface area contributed by atoms with Gasteiger partial charge in [-0.3, -0.25) is 0 Å². The molecule has 0 aliphatic rings. The second-order valence-corrected chi connectivity index (χ2v) is 9.36. The molecule has 0 aliphatic carbocycles. The standard InChI is InChI=1S/C23H21ClF3NO2S/c1-2-22(18-6-4-3-5-7-18)28(31(29,30)21-14-12-20(24)13-15-21)16-17-8-10-19(11-9-17)23(25,26)27/h3-15,22H,2,16H2,1H3/t22-/m0/s1. The molecule has 0 radical (unpaired) electrons. The monoisotopic (exact) mass is 467 g/mol. The predicted molar refractivity (Wildman–Crippen MR) is 115 cm³/mol. The van der Waals surface area contributed by atoms with Crippen LogP contribution in [0.2, 0.25) is 5.02 Å². The lowest BCUT2D eigenvalue weighted by Crippen LogP contribution is -2.34. The molecule has 0 spiro atoms. The van der Waals surface area contributed by atoms with Crippen molar-refractivity contribution in [3.8, 4) is 0 Å². The Balaban J connectivity index is 2.04. The molecule has 31 heavy (non-hydrogen) atoms. The molecule has 0 aliphatic heterocycles. The molecule has 0 unspecified atom stereocenters. The molecule has 1 atom stereocenters. The minimum Gasteiger partial charge on any atom is -0.207 e. The zero-order valence-corrected chi connectivity index (χ0v) is 18.3. The highest BCUT2D eigenvalue weighted by Crippen LogP contribution is 2.34. The minimum absolute atomic E-state index is 0.0678. The Morgan fingerprint density at radius 3 is 2.00 bits per heavy atom. The van der Waals surface area contributed by atoms with Crippen LogP contribution in [0.25, 0.3) is 0 Å². The van der Waals surface area contributed by atoms with Crippen molar-refractivity contribution in [3.05, 3.63) is 101 Å². The number of halogens is 4. The summed E-state index contributed by atoms with van der Waals surface area (Å²) in [5.41, 5.74) is 0.479. The van der Waals surface area contributed by atoms with Crippen LogP contribution in [0.4, 0.5) is 13.2 Å². The first-order valence-electron chi connectivity index (χ1n) is 9.61. The van der Waals surface area contributed by atoms with Crippen LogP contribution in [0.1, 0.15) is 36.1 Å². The number of rotatable bonds is 7. The van der Waals surface area contributed by atoms with E-state index in [4.69, 9.17) is 11.6 Å². The summed E-state index contributed by atoms with van der Waals surface area (Å²) in [6.07, 6.45) is -3.97. The van der Waals surface area contributed by atoms with Crippen LogP contribution < -0.4 is 0 Å². The maximum atomic E-state index is 13.6. The zero-order valence-electron chi connectivity index (χ0n) is 16.7. The van der Waals surface area contributed by atoms with E-state index in [9.17, 15) is 21.6 Å². The fourth-order valence-corrected chi connectivity index (χ4v) is 5.17. The van der Waals surface area contributed by atoms with Gasteiger partial charge in [-0.1, -0.05) is 61.0 Å². The molecule has 0 aromatic heterocycles. The second kappa shape index (κ2) is 9.42. The number of hydrogen-bond acceptors (Lipinski definition) is 2. The maximum Gasteiger partial charge on any atom is 0.416 e. The molecular weight excluding hydrogens is 447 g/mol. The third-order valence-electron chi connectivity index (χ3n) is 4.96. The summed E-state index contributed by atoms with van der Waals surface area (Å²) in [7, 11) is -3.96. The van der Waals surface area contributed by atoms with Gasteiger partial charge < -0.3 is 0 Å². The van der Waals surface area contributed by atoms with E-state index in [1.54, 1.807) is 0 Å². The van der Waals surface area contributed by atoms with Crippen molar-refractivity contribution in [1.82, 2.24) is 4.31 Å². The molecule has 0 N–H and O–H groups in total. The van der Waals surface area contributed by atoms with E-state index < -0.39 is 27.8 Å². The van der Waals surface area contributed by atoms with Crippen LogP contribution in [-0.2, 0) is 22.7 Å². The van der Waals surface area contributed by atoms with Crippen LogP contribution in [0, 0.1) is 0 Å². The van der Waals surface area contributed by atoms with Gasteiger partial charge in [-0.2, -0.15) is 17.5 Å². The van der Waals surface area contributed by atoms with Crippen LogP contribution in [0.15, 0.2) is 83.8 Å². The van der Waals surface area contributed by atoms with Crippen LogP contribution in [-0.4, -0.2) is 12.7 Å². The average Bonchev–Trinajstić information content (AvgIpc) is 2.74. The van der Waals surface area contributed by atoms with E-state index in [-0.39, 0.29) is 11.4 Å². The molecule has 3 nitrogen and oxygen atoms in total. The summed E-state index contributed by atoms with van der Waals surface area (Å²) in [4.78, 5) is 0.0678. The van der Waals surface area contributed by atoms with Gasteiger partial charge in [0.15, 0.2) is 0 Å². The van der Waals surface area contributed by atoms with Crippen molar-refractivity contribution in [2.75, 3.05) is 0 Å². The van der Waals surface area contributed by atoms with Gasteiger partial charge in [0.1, 0.15) is 0 Å². The van der Waals surface area contributed by atoms with Gasteiger partial charge in [0.05, 0.1) is 16.5 Å². The SMILES string of the molecule is CC[C@@H](c1ccccc1)N(Cc1ccc(C(F)(F)F)cc1)S(=O)(=O)c1ccc(Cl)cc1. The molecule has 164 valence electrons. The smallest absolute Gasteiger partial charge is 0.207 e. The molecule has 3 aromatic carbocycles. The van der Waals surface area contributed by atoms with Gasteiger partial charge in [-0.15, -0.1) is 0 Å². The Bertz CT molecular complexity index is 1100. The first-order valence-corrected chi connectivity index (χ1v) is 11.4. The predicted octanol–water partition coefficient (Wildman–Crippen LogP) is 6.70. The molecule has 0 saturated heterocycles. The summed E-state index contributed by atoms with van der Waals surface area (Å²) >= 11 is 5.91. The number of nitrogens with zero attached hydrogens (tertiary/aromatic N) is 1. The van der Waals surface area contributed by atoms with E-state index in [1.807, 2.05) is 37.3 Å². The molecule has 0 heterocycles. The number of hydrogen-bond donors (Lipinski definition) is 0. The highest BCUT2D eigenvalue weighted by atomic mass is 35.5. The minimum atomic E-state index is -4.45. The Kier molecular flexibility index (Phi) is 7.09. The molecule has 3 aromatic rings. The Labute approximate surface area is 185 Å². The van der Waals surface area contributed by atoms with Gasteiger partial charge in [0, 0.05) is 11.6 Å². The fourth-order valence-electron chi connectivity index (χ4n) is 3.36. The van der Waals surface area contributed by atoms with Crippen molar-refractivity contribution >= 4 is 21.6 Å². The molecule has 0 fully saturated rings. The maximum absolute atomic E-state index is 13.6. The first kappa shape index (κ1) is 23.3. The highest BCUT2D eigenvalue weighted by molar-refractivity contribution is 7.89. The lowest BCUT2D eigenvalue weighted by atomic mass is 10.0. The Morgan fingerprint density at radius 1 is 0.903 bits per heavy atom. The molecule has 8 heteroatoms. The Hall–Kier alpha value is -2.35. The lowest BCUT2D eigenvalue weighted by Gasteiger charge is -2.31. The third-order valence-corrected chi connectivity index (χ3v) is 7.08. The quantitative estimate of drug-likeness (QED) is 0.387. The lowest BCUT2D eigenvalue weighted by molar-refractivity contribution is -0.137. The van der Waals surface area contributed by atoms with Gasteiger partial charge in [-0.05, 0) is 53.9 Å². The molecule has 0 saturated carbocycles. The van der Waals surface area contributed by atoms with E-state index in [0.29, 0.717) is 17.0 Å². The van der Waals surface area contributed by atoms with Crippen LogP contribution in [0.5, 0.6) is 0 Å². The van der Waals surface area contributed by atoms with Crippen molar-refractivity contribution in [1.29, 1.82) is 0 Å². The summed E-state index contributed by atoms with van der Waals surface area (Å²) in [6, 6.07) is 19.1. The van der Waals surface area contributed by atoms with Crippen LogP contribution >= 0.6 is 11.6 Å². The summed E-state index contributed by atoms with van der Waals surface area (Å²) in [5, 5.41) is 0.406. The molecule has 0 bridgehead atoms. The fraction of sp³-hybridized carbons (Fsp3) is 0.217. The summed E-state index contributed by atoms with van der Waals surface area (Å²) in [6.45, 7) is 1.80. The van der Waals surface area contributed by atoms with Crippen LogP contribution in [0.3, 0.4) is 0 Å². The summed E-state index contributed by atoms with van der Waals surface area (Å²) in [5.74, 6) is 0. The first-order chi connectivity index (χ1) is 14.6. The van der Waals surface area contributed by atoms with Crippen molar-refractivity contribution in [2.45, 2.75) is 37.0 Å².